The van der Waals surface area contributed by atoms with Crippen molar-refractivity contribution in [2.24, 2.45) is 5.92 Å². The summed E-state index contributed by atoms with van der Waals surface area (Å²) in [7, 11) is 0. The zero-order chi connectivity index (χ0) is 15.5. The first-order valence-electron chi connectivity index (χ1n) is 6.97. The van der Waals surface area contributed by atoms with E-state index in [1.54, 1.807) is 47.4 Å². The van der Waals surface area contributed by atoms with Crippen molar-refractivity contribution in [3.05, 3.63) is 59.6 Å². The molecule has 1 aliphatic heterocycles. The number of carbonyl (C=O) groups excluding carboxylic acids is 2. The molecule has 0 spiro atoms. The van der Waals surface area contributed by atoms with Crippen LogP contribution in [0.5, 0.6) is 5.75 Å². The number of esters is 1. The lowest BCUT2D eigenvalue weighted by Crippen LogP contribution is -2.27. The van der Waals surface area contributed by atoms with Gasteiger partial charge in [0.2, 0.25) is 5.91 Å². The maximum Gasteiger partial charge on any atom is 0.316 e. The van der Waals surface area contributed by atoms with Crippen LogP contribution in [0.1, 0.15) is 6.42 Å². The average Bonchev–Trinajstić information content (AvgIpc) is 2.91. The molecule has 0 bridgehead atoms. The summed E-state index contributed by atoms with van der Waals surface area (Å²) in [4.78, 5) is 25.9. The first-order valence-corrected chi connectivity index (χ1v) is 7.34. The molecule has 1 atom stereocenters. The molecule has 5 heteroatoms. The maximum atomic E-state index is 12.2. The highest BCUT2D eigenvalue weighted by molar-refractivity contribution is 6.33. The summed E-state index contributed by atoms with van der Waals surface area (Å²) in [6, 6.07) is 15.9. The highest BCUT2D eigenvalue weighted by Crippen LogP contribution is 2.31. The van der Waals surface area contributed by atoms with Crippen LogP contribution >= 0.6 is 11.6 Å². The summed E-state index contributed by atoms with van der Waals surface area (Å²) in [5.74, 6) is -0.516. The molecular weight excluding hydrogens is 302 g/mol. The van der Waals surface area contributed by atoms with Crippen molar-refractivity contribution in [2.45, 2.75) is 6.42 Å². The van der Waals surface area contributed by atoms with Crippen LogP contribution in [-0.2, 0) is 9.59 Å². The maximum absolute atomic E-state index is 12.2. The second-order valence-corrected chi connectivity index (χ2v) is 5.50. The fourth-order valence-corrected chi connectivity index (χ4v) is 2.69. The normalized spacial score (nSPS) is 17.6. The van der Waals surface area contributed by atoms with Gasteiger partial charge in [-0.3, -0.25) is 9.59 Å². The molecule has 1 saturated heterocycles. The van der Waals surface area contributed by atoms with E-state index in [1.165, 1.54) is 0 Å². The third-order valence-electron chi connectivity index (χ3n) is 3.56. The molecule has 112 valence electrons. The minimum atomic E-state index is -0.482. The van der Waals surface area contributed by atoms with Crippen molar-refractivity contribution in [3.63, 3.8) is 0 Å². The van der Waals surface area contributed by atoms with Crippen LogP contribution in [0, 0.1) is 5.92 Å². The monoisotopic (exact) mass is 315 g/mol. The molecule has 1 amide bonds. The van der Waals surface area contributed by atoms with Crippen LogP contribution < -0.4 is 9.64 Å². The van der Waals surface area contributed by atoms with Gasteiger partial charge < -0.3 is 9.64 Å². The quantitative estimate of drug-likeness (QED) is 0.645. The number of para-hydroxylation sites is 2. The number of hydrogen-bond donors (Lipinski definition) is 0. The Morgan fingerprint density at radius 3 is 2.50 bits per heavy atom. The number of carbonyl (C=O) groups is 2. The average molecular weight is 316 g/mol. The van der Waals surface area contributed by atoms with Gasteiger partial charge in [0.25, 0.3) is 0 Å². The molecular formula is C17H14ClNO3. The predicted molar refractivity (Wildman–Crippen MR) is 84.0 cm³/mol. The van der Waals surface area contributed by atoms with Crippen LogP contribution in [0.3, 0.4) is 0 Å². The second-order valence-electron chi connectivity index (χ2n) is 5.09. The molecule has 22 heavy (non-hydrogen) atoms. The molecule has 1 heterocycles. The number of rotatable bonds is 3. The molecule has 2 aromatic carbocycles. The predicted octanol–water partition coefficient (Wildman–Crippen LogP) is 3.30. The van der Waals surface area contributed by atoms with Crippen molar-refractivity contribution >= 4 is 29.2 Å². The molecule has 2 aromatic rings. The zero-order valence-electron chi connectivity index (χ0n) is 11.7. The Kier molecular flexibility index (Phi) is 4.11. The van der Waals surface area contributed by atoms with Crippen molar-refractivity contribution in [2.75, 3.05) is 11.4 Å². The summed E-state index contributed by atoms with van der Waals surface area (Å²) in [5.41, 5.74) is 0.629. The topological polar surface area (TPSA) is 46.6 Å². The van der Waals surface area contributed by atoms with Crippen LogP contribution in [0.4, 0.5) is 5.69 Å². The smallest absolute Gasteiger partial charge is 0.316 e. The van der Waals surface area contributed by atoms with Gasteiger partial charge in [0, 0.05) is 13.0 Å². The summed E-state index contributed by atoms with van der Waals surface area (Å²) < 4.78 is 5.31. The molecule has 4 nitrogen and oxygen atoms in total. The van der Waals surface area contributed by atoms with Gasteiger partial charge in [-0.05, 0) is 24.3 Å². The highest BCUT2D eigenvalue weighted by Gasteiger charge is 2.37. The number of nitrogens with zero attached hydrogens (tertiary/aromatic N) is 1. The number of benzene rings is 2. The third-order valence-corrected chi connectivity index (χ3v) is 3.88. The molecule has 0 aliphatic carbocycles. The van der Waals surface area contributed by atoms with Crippen molar-refractivity contribution in [1.29, 1.82) is 0 Å². The number of halogens is 1. The van der Waals surface area contributed by atoms with E-state index in [-0.39, 0.29) is 18.9 Å². The molecule has 1 fully saturated rings. The van der Waals surface area contributed by atoms with Crippen LogP contribution in [0.25, 0.3) is 0 Å². The fourth-order valence-electron chi connectivity index (χ4n) is 2.46. The Morgan fingerprint density at radius 2 is 1.77 bits per heavy atom. The Labute approximate surface area is 133 Å². The van der Waals surface area contributed by atoms with E-state index in [1.807, 2.05) is 12.1 Å². The molecule has 0 saturated carbocycles. The lowest BCUT2D eigenvalue weighted by molar-refractivity contribution is -0.139. The van der Waals surface area contributed by atoms with Crippen molar-refractivity contribution in [3.8, 4) is 5.75 Å². The fraction of sp³-hybridized carbons (Fsp3) is 0.176. The van der Waals surface area contributed by atoms with Gasteiger partial charge in [0.15, 0.2) is 0 Å². The first-order chi connectivity index (χ1) is 10.6. The van der Waals surface area contributed by atoms with E-state index >= 15 is 0 Å². The van der Waals surface area contributed by atoms with Gasteiger partial charge in [-0.25, -0.2) is 0 Å². The lowest BCUT2D eigenvalue weighted by atomic mass is 10.1. The minimum Gasteiger partial charge on any atom is -0.426 e. The van der Waals surface area contributed by atoms with E-state index in [9.17, 15) is 9.59 Å². The molecule has 0 radical (unpaired) electrons. The summed E-state index contributed by atoms with van der Waals surface area (Å²) >= 11 is 6.12. The van der Waals surface area contributed by atoms with Gasteiger partial charge in [0.1, 0.15) is 5.75 Å². The van der Waals surface area contributed by atoms with Crippen LogP contribution in [0.15, 0.2) is 54.6 Å². The second kappa shape index (κ2) is 6.20. The van der Waals surface area contributed by atoms with E-state index in [0.717, 1.165) is 0 Å². The van der Waals surface area contributed by atoms with Gasteiger partial charge >= 0.3 is 5.97 Å². The SMILES string of the molecule is O=C(Oc1ccccc1)C1CC(=O)N(c2ccccc2Cl)C1. The molecule has 1 unspecified atom stereocenters. The Morgan fingerprint density at radius 1 is 1.09 bits per heavy atom. The lowest BCUT2D eigenvalue weighted by Gasteiger charge is -2.17. The molecule has 0 N–H and O–H groups in total. The number of amides is 1. The molecule has 3 rings (SSSR count). The summed E-state index contributed by atoms with van der Waals surface area (Å²) in [5, 5.41) is 0.493. The minimum absolute atomic E-state index is 0.122. The van der Waals surface area contributed by atoms with Crippen LogP contribution in [-0.4, -0.2) is 18.4 Å². The van der Waals surface area contributed by atoms with E-state index in [0.29, 0.717) is 16.5 Å². The first kappa shape index (κ1) is 14.6. The Hall–Kier alpha value is -2.33. The van der Waals surface area contributed by atoms with Gasteiger partial charge in [-0.1, -0.05) is 41.9 Å². The van der Waals surface area contributed by atoms with Crippen molar-refractivity contribution in [1.82, 2.24) is 0 Å². The Bertz CT molecular complexity index is 702. The Balaban J connectivity index is 1.72. The van der Waals surface area contributed by atoms with E-state index in [2.05, 4.69) is 0 Å². The zero-order valence-corrected chi connectivity index (χ0v) is 12.5. The molecule has 0 aromatic heterocycles. The number of ether oxygens (including phenoxy) is 1. The summed E-state index contributed by atoms with van der Waals surface area (Å²) in [6.45, 7) is 0.286. The largest absolute Gasteiger partial charge is 0.426 e. The third kappa shape index (κ3) is 2.97. The molecule has 1 aliphatic rings. The standard InChI is InChI=1S/C17H14ClNO3/c18-14-8-4-5-9-15(14)19-11-12(10-16(19)20)17(21)22-13-6-2-1-3-7-13/h1-9,12H,10-11H2. The van der Waals surface area contributed by atoms with Gasteiger partial charge in [-0.15, -0.1) is 0 Å². The van der Waals surface area contributed by atoms with Crippen LogP contribution in [0.2, 0.25) is 5.02 Å². The number of anilines is 1. The van der Waals surface area contributed by atoms with Gasteiger partial charge in [0.05, 0.1) is 16.6 Å². The highest BCUT2D eigenvalue weighted by atomic mass is 35.5. The van der Waals surface area contributed by atoms with E-state index in [4.69, 9.17) is 16.3 Å². The number of hydrogen-bond acceptors (Lipinski definition) is 3. The van der Waals surface area contributed by atoms with E-state index < -0.39 is 11.9 Å². The van der Waals surface area contributed by atoms with Crippen molar-refractivity contribution < 1.29 is 14.3 Å². The summed E-state index contributed by atoms with van der Waals surface area (Å²) in [6.07, 6.45) is 0.136. The van der Waals surface area contributed by atoms with Gasteiger partial charge in [-0.2, -0.15) is 0 Å².